The molecule has 0 bridgehead atoms. The normalized spacial score (nSPS) is 21.9. The van der Waals surface area contributed by atoms with E-state index in [0.29, 0.717) is 19.4 Å². The summed E-state index contributed by atoms with van der Waals surface area (Å²) < 4.78 is 6.27. The molecule has 2 N–H and O–H groups in total. The van der Waals surface area contributed by atoms with Crippen LogP contribution in [0.4, 0.5) is 0 Å². The Morgan fingerprint density at radius 2 is 1.81 bits per heavy atom. The molecule has 4 nitrogen and oxygen atoms in total. The first kappa shape index (κ1) is 22.2. The minimum Gasteiger partial charge on any atom is -0.487 e. The highest BCUT2D eigenvalue weighted by Crippen LogP contribution is 2.37. The van der Waals surface area contributed by atoms with Crippen LogP contribution in [-0.4, -0.2) is 28.8 Å². The predicted octanol–water partition coefficient (Wildman–Crippen LogP) is 5.02. The molecule has 4 rings (SSSR count). The molecule has 1 heterocycles. The Kier molecular flexibility index (Phi) is 6.59. The summed E-state index contributed by atoms with van der Waals surface area (Å²) in [5.41, 5.74) is 2.45. The second-order valence-electron chi connectivity index (χ2n) is 9.54. The number of aliphatic hydroxyl groups is 1. The second-order valence-corrected chi connectivity index (χ2v) is 9.97. The topological polar surface area (TPSA) is 58.6 Å². The zero-order valence-corrected chi connectivity index (χ0v) is 19.0. The first-order chi connectivity index (χ1) is 14.8. The molecule has 1 atom stereocenters. The van der Waals surface area contributed by atoms with Gasteiger partial charge in [0.25, 0.3) is 0 Å². The van der Waals surface area contributed by atoms with E-state index in [1.165, 1.54) is 12.0 Å². The third kappa shape index (κ3) is 5.81. The van der Waals surface area contributed by atoms with Gasteiger partial charge in [-0.1, -0.05) is 55.1 Å². The fraction of sp³-hybridized carbons (Fsp3) is 0.500. The zero-order chi connectivity index (χ0) is 21.9. The predicted molar refractivity (Wildman–Crippen MR) is 124 cm³/mol. The van der Waals surface area contributed by atoms with Gasteiger partial charge in [-0.2, -0.15) is 0 Å². The molecule has 1 unspecified atom stereocenters. The van der Waals surface area contributed by atoms with E-state index >= 15 is 0 Å². The van der Waals surface area contributed by atoms with Crippen molar-refractivity contribution in [2.75, 3.05) is 6.54 Å². The van der Waals surface area contributed by atoms with E-state index in [-0.39, 0.29) is 11.5 Å². The Bertz CT molecular complexity index is 921. The number of halogens is 1. The van der Waals surface area contributed by atoms with Crippen LogP contribution >= 0.6 is 11.6 Å². The number of ether oxygens (including phenoxy) is 1. The lowest BCUT2D eigenvalue weighted by atomic mass is 9.82. The quantitative estimate of drug-likeness (QED) is 0.634. The molecule has 0 spiro atoms. The fourth-order valence-corrected chi connectivity index (χ4v) is 5.09. The molecule has 1 aliphatic heterocycles. The van der Waals surface area contributed by atoms with Crippen molar-refractivity contribution in [3.8, 4) is 5.75 Å². The highest BCUT2D eigenvalue weighted by molar-refractivity contribution is 6.30. The van der Waals surface area contributed by atoms with Gasteiger partial charge in [-0.05, 0) is 61.1 Å². The minimum atomic E-state index is -0.592. The lowest BCUT2D eigenvalue weighted by Gasteiger charge is -2.32. The van der Waals surface area contributed by atoms with E-state index in [4.69, 9.17) is 16.3 Å². The van der Waals surface area contributed by atoms with Crippen LogP contribution in [0.25, 0.3) is 0 Å². The molecule has 5 heteroatoms. The molecule has 166 valence electrons. The summed E-state index contributed by atoms with van der Waals surface area (Å²) in [7, 11) is 0. The number of benzene rings is 2. The second kappa shape index (κ2) is 9.22. The number of hydrogen-bond donors (Lipinski definition) is 2. The van der Waals surface area contributed by atoms with Gasteiger partial charge in [0.2, 0.25) is 5.91 Å². The minimum absolute atomic E-state index is 0.00204. The van der Waals surface area contributed by atoms with Crippen molar-refractivity contribution in [3.63, 3.8) is 0 Å². The fourth-order valence-electron chi connectivity index (χ4n) is 4.96. The molecule has 1 saturated carbocycles. The molecule has 1 aliphatic carbocycles. The highest BCUT2D eigenvalue weighted by atomic mass is 35.5. The SMILES string of the molecule is CC1(Cc2ccc(Cl)cc2)Cc2cc(CC(=O)NCCC3(O)CCCCC3)ccc2O1. The summed E-state index contributed by atoms with van der Waals surface area (Å²) in [6.45, 7) is 2.66. The monoisotopic (exact) mass is 441 g/mol. The first-order valence-electron chi connectivity index (χ1n) is 11.4. The standard InChI is InChI=1S/C26H32ClNO3/c1-25(17-19-5-8-22(27)9-6-19)18-21-15-20(7-10-23(21)31-25)16-24(29)28-14-13-26(30)11-3-2-4-12-26/h5-10,15,30H,2-4,11-14,16-18H2,1H3,(H,28,29). The maximum absolute atomic E-state index is 12.4. The lowest BCUT2D eigenvalue weighted by Crippen LogP contribution is -2.37. The number of nitrogens with one attached hydrogen (secondary N) is 1. The Morgan fingerprint density at radius 3 is 2.55 bits per heavy atom. The molecule has 0 saturated heterocycles. The third-order valence-electron chi connectivity index (χ3n) is 6.60. The van der Waals surface area contributed by atoms with Crippen molar-refractivity contribution in [2.24, 2.45) is 0 Å². The van der Waals surface area contributed by atoms with Gasteiger partial charge in [-0.15, -0.1) is 0 Å². The Hall–Kier alpha value is -2.04. The van der Waals surface area contributed by atoms with E-state index < -0.39 is 5.60 Å². The van der Waals surface area contributed by atoms with Gasteiger partial charge in [0.15, 0.2) is 0 Å². The largest absolute Gasteiger partial charge is 0.487 e. The molecule has 1 amide bonds. The third-order valence-corrected chi connectivity index (χ3v) is 6.85. The maximum Gasteiger partial charge on any atom is 0.224 e. The van der Waals surface area contributed by atoms with Crippen molar-refractivity contribution < 1.29 is 14.6 Å². The number of amides is 1. The van der Waals surface area contributed by atoms with Gasteiger partial charge in [-0.25, -0.2) is 0 Å². The van der Waals surface area contributed by atoms with Crippen molar-refractivity contribution in [3.05, 3.63) is 64.2 Å². The van der Waals surface area contributed by atoms with E-state index in [2.05, 4.69) is 18.3 Å². The van der Waals surface area contributed by atoms with Crippen molar-refractivity contribution >= 4 is 17.5 Å². The van der Waals surface area contributed by atoms with Crippen LogP contribution in [0.1, 0.15) is 62.1 Å². The molecular formula is C26H32ClNO3. The molecule has 1 fully saturated rings. The lowest BCUT2D eigenvalue weighted by molar-refractivity contribution is -0.120. The Morgan fingerprint density at radius 1 is 1.10 bits per heavy atom. The van der Waals surface area contributed by atoms with Gasteiger partial charge < -0.3 is 15.2 Å². The molecule has 31 heavy (non-hydrogen) atoms. The van der Waals surface area contributed by atoms with Gasteiger partial charge in [0.05, 0.1) is 12.0 Å². The van der Waals surface area contributed by atoms with Crippen LogP contribution in [-0.2, 0) is 24.1 Å². The molecule has 2 aromatic rings. The van der Waals surface area contributed by atoms with E-state index in [1.807, 2.05) is 36.4 Å². The summed E-state index contributed by atoms with van der Waals surface area (Å²) >= 11 is 6.00. The van der Waals surface area contributed by atoms with Crippen LogP contribution in [0, 0.1) is 0 Å². The van der Waals surface area contributed by atoms with Crippen LogP contribution < -0.4 is 10.1 Å². The summed E-state index contributed by atoms with van der Waals surface area (Å²) in [4.78, 5) is 12.4. The number of carbonyl (C=O) groups is 1. The van der Waals surface area contributed by atoms with Gasteiger partial charge in [0.1, 0.15) is 11.4 Å². The maximum atomic E-state index is 12.4. The molecular weight excluding hydrogens is 410 g/mol. The Balaban J connectivity index is 1.30. The van der Waals surface area contributed by atoms with Gasteiger partial charge in [-0.3, -0.25) is 4.79 Å². The van der Waals surface area contributed by atoms with E-state index in [0.717, 1.165) is 60.4 Å². The molecule has 0 radical (unpaired) electrons. The van der Waals surface area contributed by atoms with E-state index in [1.54, 1.807) is 0 Å². The molecule has 0 aromatic heterocycles. The highest BCUT2D eigenvalue weighted by Gasteiger charge is 2.35. The number of rotatable bonds is 7. The van der Waals surface area contributed by atoms with E-state index in [9.17, 15) is 9.90 Å². The summed E-state index contributed by atoms with van der Waals surface area (Å²) in [5, 5.41) is 14.3. The average molecular weight is 442 g/mol. The van der Waals surface area contributed by atoms with Crippen LogP contribution in [0.15, 0.2) is 42.5 Å². The van der Waals surface area contributed by atoms with Crippen LogP contribution in [0.5, 0.6) is 5.75 Å². The van der Waals surface area contributed by atoms with Crippen molar-refractivity contribution in [2.45, 2.75) is 75.9 Å². The molecule has 2 aromatic carbocycles. The van der Waals surface area contributed by atoms with Crippen LogP contribution in [0.3, 0.4) is 0 Å². The Labute approximate surface area is 190 Å². The van der Waals surface area contributed by atoms with Crippen LogP contribution in [0.2, 0.25) is 5.02 Å². The van der Waals surface area contributed by atoms with Gasteiger partial charge in [0, 0.05) is 24.4 Å². The average Bonchev–Trinajstić information content (AvgIpc) is 3.05. The van der Waals surface area contributed by atoms with Crippen molar-refractivity contribution in [1.29, 1.82) is 0 Å². The smallest absolute Gasteiger partial charge is 0.224 e. The zero-order valence-electron chi connectivity index (χ0n) is 18.3. The number of carbonyl (C=O) groups excluding carboxylic acids is 1. The first-order valence-corrected chi connectivity index (χ1v) is 11.7. The summed E-state index contributed by atoms with van der Waals surface area (Å²) in [6, 6.07) is 13.9. The van der Waals surface area contributed by atoms with Gasteiger partial charge >= 0.3 is 0 Å². The summed E-state index contributed by atoms with van der Waals surface area (Å²) in [5.74, 6) is 0.905. The molecule has 2 aliphatic rings. The van der Waals surface area contributed by atoms with Crippen molar-refractivity contribution in [1.82, 2.24) is 5.32 Å². The summed E-state index contributed by atoms with van der Waals surface area (Å²) in [6.07, 6.45) is 7.67. The number of hydrogen-bond acceptors (Lipinski definition) is 3. The number of fused-ring (bicyclic) bond motifs is 1.